The zero-order chi connectivity index (χ0) is 20.1. The summed E-state index contributed by atoms with van der Waals surface area (Å²) in [6.07, 6.45) is 7.04. The predicted octanol–water partition coefficient (Wildman–Crippen LogP) is 3.78. The fourth-order valence-electron chi connectivity index (χ4n) is 3.45. The van der Waals surface area contributed by atoms with E-state index in [0.717, 1.165) is 16.7 Å². The fraction of sp³-hybridized carbons (Fsp3) is 0.238. The SMILES string of the molecule is CC1=CCC(C(=O)O)(C(=O)NN=Cc2ccncc2)C(c2ccc(Cl)cc2)C1. The number of hydrogen-bond acceptors (Lipinski definition) is 4. The Kier molecular flexibility index (Phi) is 5.90. The first-order chi connectivity index (χ1) is 13.4. The van der Waals surface area contributed by atoms with E-state index >= 15 is 0 Å². The van der Waals surface area contributed by atoms with E-state index in [9.17, 15) is 14.7 Å². The molecule has 1 aliphatic carbocycles. The van der Waals surface area contributed by atoms with Gasteiger partial charge < -0.3 is 5.11 Å². The zero-order valence-electron chi connectivity index (χ0n) is 15.3. The lowest BCUT2D eigenvalue weighted by Gasteiger charge is -2.38. The minimum atomic E-state index is -1.65. The highest BCUT2D eigenvalue weighted by atomic mass is 35.5. The molecule has 1 aromatic heterocycles. The van der Waals surface area contributed by atoms with Gasteiger partial charge >= 0.3 is 5.97 Å². The zero-order valence-corrected chi connectivity index (χ0v) is 16.1. The number of benzene rings is 1. The largest absolute Gasteiger partial charge is 0.480 e. The number of carbonyl (C=O) groups is 2. The van der Waals surface area contributed by atoms with Crippen LogP contribution in [0.2, 0.25) is 5.02 Å². The standard InChI is InChI=1S/C21H20ClN3O3/c1-14-6-9-21(20(27)28,18(12-14)16-2-4-17(22)5-3-16)19(26)25-24-13-15-7-10-23-11-8-15/h2-8,10-11,13,18H,9,12H2,1H3,(H,25,26)(H,27,28). The maximum atomic E-state index is 13.0. The van der Waals surface area contributed by atoms with E-state index in [0.29, 0.717) is 11.4 Å². The average Bonchev–Trinajstić information content (AvgIpc) is 2.69. The van der Waals surface area contributed by atoms with Crippen LogP contribution in [0.5, 0.6) is 0 Å². The molecule has 1 aliphatic rings. The average molecular weight is 398 g/mol. The van der Waals surface area contributed by atoms with Gasteiger partial charge in [0.25, 0.3) is 5.91 Å². The van der Waals surface area contributed by atoms with Gasteiger partial charge in [0.2, 0.25) is 0 Å². The summed E-state index contributed by atoms with van der Waals surface area (Å²) in [7, 11) is 0. The summed E-state index contributed by atoms with van der Waals surface area (Å²) in [5.74, 6) is -2.34. The Morgan fingerprint density at radius 1 is 1.25 bits per heavy atom. The van der Waals surface area contributed by atoms with Crippen molar-refractivity contribution >= 4 is 29.7 Å². The molecule has 0 bridgehead atoms. The van der Waals surface area contributed by atoms with Gasteiger partial charge in [-0.2, -0.15) is 5.10 Å². The number of amides is 1. The first kappa shape index (κ1) is 19.8. The number of carboxylic acids is 1. The first-order valence-corrected chi connectivity index (χ1v) is 9.19. The number of rotatable bonds is 5. The lowest BCUT2D eigenvalue weighted by atomic mass is 9.64. The van der Waals surface area contributed by atoms with E-state index in [1.54, 1.807) is 48.8 Å². The Morgan fingerprint density at radius 2 is 1.93 bits per heavy atom. The van der Waals surface area contributed by atoms with Crippen molar-refractivity contribution in [2.75, 3.05) is 0 Å². The van der Waals surface area contributed by atoms with E-state index in [4.69, 9.17) is 11.6 Å². The van der Waals surface area contributed by atoms with E-state index in [2.05, 4.69) is 15.5 Å². The van der Waals surface area contributed by atoms with E-state index in [-0.39, 0.29) is 6.42 Å². The molecule has 0 radical (unpaired) electrons. The number of allylic oxidation sites excluding steroid dienone is 2. The van der Waals surface area contributed by atoms with Gasteiger partial charge in [-0.1, -0.05) is 35.4 Å². The van der Waals surface area contributed by atoms with Crippen LogP contribution in [0, 0.1) is 5.41 Å². The predicted molar refractivity (Wildman–Crippen MR) is 107 cm³/mol. The number of carbonyl (C=O) groups excluding carboxylic acids is 1. The highest BCUT2D eigenvalue weighted by Crippen LogP contribution is 2.47. The van der Waals surface area contributed by atoms with Gasteiger partial charge in [0.15, 0.2) is 5.41 Å². The minimum Gasteiger partial charge on any atom is -0.480 e. The van der Waals surface area contributed by atoms with Gasteiger partial charge in [-0.3, -0.25) is 14.6 Å². The number of pyridine rings is 1. The number of nitrogens with zero attached hydrogens (tertiary/aromatic N) is 2. The molecule has 0 spiro atoms. The monoisotopic (exact) mass is 397 g/mol. The third-order valence-electron chi connectivity index (χ3n) is 5.04. The molecule has 7 heteroatoms. The lowest BCUT2D eigenvalue weighted by Crippen LogP contribution is -2.50. The van der Waals surface area contributed by atoms with Gasteiger partial charge in [-0.15, -0.1) is 0 Å². The first-order valence-electron chi connectivity index (χ1n) is 8.81. The molecule has 1 amide bonds. The minimum absolute atomic E-state index is 0.0953. The lowest BCUT2D eigenvalue weighted by molar-refractivity contribution is -0.158. The van der Waals surface area contributed by atoms with Gasteiger partial charge in [0.1, 0.15) is 0 Å². The van der Waals surface area contributed by atoms with Crippen LogP contribution in [0.15, 0.2) is 65.5 Å². The van der Waals surface area contributed by atoms with Crippen LogP contribution in [0.3, 0.4) is 0 Å². The van der Waals surface area contributed by atoms with Gasteiger partial charge in [-0.25, -0.2) is 5.43 Å². The molecular formula is C21H20ClN3O3. The second-order valence-electron chi connectivity index (χ2n) is 6.82. The third-order valence-corrected chi connectivity index (χ3v) is 5.29. The molecule has 1 heterocycles. The number of hydrazone groups is 1. The second kappa shape index (κ2) is 8.35. The molecular weight excluding hydrogens is 378 g/mol. The van der Waals surface area contributed by atoms with Crippen LogP contribution in [-0.2, 0) is 9.59 Å². The summed E-state index contributed by atoms with van der Waals surface area (Å²) in [5, 5.41) is 14.6. The summed E-state index contributed by atoms with van der Waals surface area (Å²) < 4.78 is 0. The van der Waals surface area contributed by atoms with Crippen molar-refractivity contribution in [2.24, 2.45) is 10.5 Å². The third kappa shape index (κ3) is 3.97. The molecule has 6 nitrogen and oxygen atoms in total. The summed E-state index contributed by atoms with van der Waals surface area (Å²) in [6, 6.07) is 10.4. The van der Waals surface area contributed by atoms with Crippen molar-refractivity contribution in [1.29, 1.82) is 0 Å². The molecule has 28 heavy (non-hydrogen) atoms. The van der Waals surface area contributed by atoms with Crippen LogP contribution in [-0.4, -0.2) is 28.2 Å². The van der Waals surface area contributed by atoms with Crippen LogP contribution in [0.1, 0.15) is 36.8 Å². The fourth-order valence-corrected chi connectivity index (χ4v) is 3.58. The van der Waals surface area contributed by atoms with Crippen LogP contribution in [0.4, 0.5) is 0 Å². The van der Waals surface area contributed by atoms with Gasteiger partial charge in [-0.05, 0) is 55.2 Å². The Labute approximate surface area is 167 Å². The maximum Gasteiger partial charge on any atom is 0.320 e. The maximum absolute atomic E-state index is 13.0. The highest BCUT2D eigenvalue weighted by molar-refractivity contribution is 6.30. The van der Waals surface area contributed by atoms with Crippen molar-refractivity contribution in [3.63, 3.8) is 0 Å². The van der Waals surface area contributed by atoms with Crippen LogP contribution >= 0.6 is 11.6 Å². The molecule has 2 aromatic rings. The number of aromatic nitrogens is 1. The van der Waals surface area contributed by atoms with Crippen molar-refractivity contribution in [1.82, 2.24) is 10.4 Å². The number of nitrogens with one attached hydrogen (secondary N) is 1. The molecule has 1 aromatic carbocycles. The number of aliphatic carboxylic acids is 1. The van der Waals surface area contributed by atoms with Crippen LogP contribution in [0.25, 0.3) is 0 Å². The summed E-state index contributed by atoms with van der Waals surface area (Å²) >= 11 is 5.97. The smallest absolute Gasteiger partial charge is 0.320 e. The molecule has 2 N–H and O–H groups in total. The number of halogens is 1. The second-order valence-corrected chi connectivity index (χ2v) is 7.26. The normalized spacial score (nSPS) is 21.9. The summed E-state index contributed by atoms with van der Waals surface area (Å²) in [5.41, 5.74) is 3.32. The number of carboxylic acid groups (broad SMARTS) is 1. The van der Waals surface area contributed by atoms with Crippen molar-refractivity contribution < 1.29 is 14.7 Å². The number of hydrogen-bond donors (Lipinski definition) is 2. The van der Waals surface area contributed by atoms with Crippen molar-refractivity contribution in [3.05, 3.63) is 76.6 Å². The Morgan fingerprint density at radius 3 is 2.57 bits per heavy atom. The van der Waals surface area contributed by atoms with E-state index in [1.807, 2.05) is 13.0 Å². The van der Waals surface area contributed by atoms with Gasteiger partial charge in [0, 0.05) is 23.3 Å². The van der Waals surface area contributed by atoms with Gasteiger partial charge in [0.05, 0.1) is 6.21 Å². The molecule has 0 fully saturated rings. The molecule has 144 valence electrons. The summed E-state index contributed by atoms with van der Waals surface area (Å²) in [4.78, 5) is 29.3. The Hall–Kier alpha value is -2.99. The molecule has 2 unspecified atom stereocenters. The molecule has 2 atom stereocenters. The molecule has 0 saturated heterocycles. The van der Waals surface area contributed by atoms with E-state index in [1.165, 1.54) is 6.21 Å². The van der Waals surface area contributed by atoms with Crippen molar-refractivity contribution in [3.8, 4) is 0 Å². The highest BCUT2D eigenvalue weighted by Gasteiger charge is 2.53. The van der Waals surface area contributed by atoms with Crippen molar-refractivity contribution in [2.45, 2.75) is 25.7 Å². The molecule has 0 saturated carbocycles. The molecule has 0 aliphatic heterocycles. The van der Waals surface area contributed by atoms with Crippen LogP contribution < -0.4 is 5.43 Å². The Balaban J connectivity index is 1.93. The van der Waals surface area contributed by atoms with E-state index < -0.39 is 23.2 Å². The summed E-state index contributed by atoms with van der Waals surface area (Å²) in [6.45, 7) is 1.94. The molecule has 3 rings (SSSR count). The quantitative estimate of drug-likeness (QED) is 0.347. The topological polar surface area (TPSA) is 91.6 Å². The Bertz CT molecular complexity index is 926.